The third-order valence-electron chi connectivity index (χ3n) is 3.29. The van der Waals surface area contributed by atoms with Crippen LogP contribution in [0.2, 0.25) is 0 Å². The van der Waals surface area contributed by atoms with E-state index in [4.69, 9.17) is 0 Å². The number of halogens is 1. The lowest BCUT2D eigenvalue weighted by atomic mass is 10.0. The molecule has 0 bridgehead atoms. The molecule has 0 saturated heterocycles. The van der Waals surface area contributed by atoms with E-state index >= 15 is 0 Å². The molecule has 2 unspecified atom stereocenters. The summed E-state index contributed by atoms with van der Waals surface area (Å²) in [5.74, 6) is 0. The van der Waals surface area contributed by atoms with Gasteiger partial charge in [-0.2, -0.15) is 0 Å². The van der Waals surface area contributed by atoms with E-state index in [9.17, 15) is 9.00 Å². The third kappa shape index (κ3) is 5.35. The van der Waals surface area contributed by atoms with E-state index in [1.165, 1.54) is 11.3 Å². The Morgan fingerprint density at radius 2 is 2.09 bits per heavy atom. The standard InChI is InChI=1S/C17H20BrNO2S2/c1-17(2,3)23(21)19-16(13-5-4-6-14(18)9-13)8-12-7-15(10-20)22-11-12/h4-7,9-11,16,19H,8H2,1-3H3. The summed E-state index contributed by atoms with van der Waals surface area (Å²) in [5, 5.41) is 1.98. The molecule has 1 heterocycles. The second-order valence-corrected chi connectivity index (χ2v) is 10.1. The summed E-state index contributed by atoms with van der Waals surface area (Å²) in [6.45, 7) is 5.84. The Bertz CT molecular complexity index is 707. The highest BCUT2D eigenvalue weighted by Crippen LogP contribution is 2.25. The predicted octanol–water partition coefficient (Wildman–Crippen LogP) is 4.66. The topological polar surface area (TPSA) is 46.2 Å². The van der Waals surface area contributed by atoms with E-state index in [2.05, 4.69) is 20.7 Å². The number of nitrogens with one attached hydrogen (secondary N) is 1. The first-order chi connectivity index (χ1) is 10.8. The van der Waals surface area contributed by atoms with Crippen LogP contribution in [0.5, 0.6) is 0 Å². The summed E-state index contributed by atoms with van der Waals surface area (Å²) in [5.41, 5.74) is 2.14. The number of carbonyl (C=O) groups excluding carboxylic acids is 1. The molecule has 23 heavy (non-hydrogen) atoms. The van der Waals surface area contributed by atoms with Crippen LogP contribution in [0.3, 0.4) is 0 Å². The normalized spacial score (nSPS) is 14.4. The Kier molecular flexibility index (Phi) is 6.31. The van der Waals surface area contributed by atoms with Gasteiger partial charge in [-0.3, -0.25) is 4.79 Å². The van der Waals surface area contributed by atoms with Crippen LogP contribution in [0.4, 0.5) is 0 Å². The minimum atomic E-state index is -1.17. The van der Waals surface area contributed by atoms with Gasteiger partial charge in [-0.05, 0) is 61.9 Å². The van der Waals surface area contributed by atoms with Crippen LogP contribution >= 0.6 is 27.3 Å². The molecule has 3 nitrogen and oxygen atoms in total. The van der Waals surface area contributed by atoms with Gasteiger partial charge in [0.1, 0.15) is 0 Å². The van der Waals surface area contributed by atoms with Crippen molar-refractivity contribution in [2.24, 2.45) is 0 Å². The van der Waals surface area contributed by atoms with E-state index in [0.717, 1.165) is 21.9 Å². The number of carbonyl (C=O) groups is 1. The van der Waals surface area contributed by atoms with Gasteiger partial charge in [-0.25, -0.2) is 8.93 Å². The average Bonchev–Trinajstić information content (AvgIpc) is 2.93. The summed E-state index contributed by atoms with van der Waals surface area (Å²) < 4.78 is 16.4. The van der Waals surface area contributed by atoms with Crippen LogP contribution in [-0.4, -0.2) is 15.2 Å². The molecule has 0 radical (unpaired) electrons. The van der Waals surface area contributed by atoms with E-state index in [1.807, 2.05) is 56.5 Å². The first-order valence-electron chi connectivity index (χ1n) is 7.25. The van der Waals surface area contributed by atoms with Gasteiger partial charge in [-0.15, -0.1) is 11.3 Å². The molecule has 2 aromatic rings. The summed E-state index contributed by atoms with van der Waals surface area (Å²) in [7, 11) is -1.17. The van der Waals surface area contributed by atoms with Gasteiger partial charge in [0.25, 0.3) is 0 Å². The van der Waals surface area contributed by atoms with Crippen LogP contribution in [0.25, 0.3) is 0 Å². The van der Waals surface area contributed by atoms with Gasteiger partial charge in [0.2, 0.25) is 0 Å². The van der Waals surface area contributed by atoms with Gasteiger partial charge in [-0.1, -0.05) is 28.1 Å². The van der Waals surface area contributed by atoms with Crippen molar-refractivity contribution in [3.63, 3.8) is 0 Å². The smallest absolute Gasteiger partial charge is 0.160 e. The SMILES string of the molecule is CC(C)(C)S(=O)NC(Cc1csc(C=O)c1)c1cccc(Br)c1. The summed E-state index contributed by atoms with van der Waals surface area (Å²) in [4.78, 5) is 11.6. The Labute approximate surface area is 152 Å². The molecule has 0 saturated carbocycles. The maximum Gasteiger partial charge on any atom is 0.160 e. The van der Waals surface area contributed by atoms with Crippen molar-refractivity contribution < 1.29 is 9.00 Å². The summed E-state index contributed by atoms with van der Waals surface area (Å²) in [6, 6.07) is 9.81. The second-order valence-electron chi connectivity index (χ2n) is 6.29. The number of hydrogen-bond donors (Lipinski definition) is 1. The van der Waals surface area contributed by atoms with E-state index < -0.39 is 11.0 Å². The quantitative estimate of drug-likeness (QED) is 0.699. The Balaban J connectivity index is 2.27. The Morgan fingerprint density at radius 3 is 2.65 bits per heavy atom. The minimum Gasteiger partial charge on any atom is -0.297 e. The third-order valence-corrected chi connectivity index (χ3v) is 6.30. The monoisotopic (exact) mass is 413 g/mol. The molecule has 0 fully saturated rings. The van der Waals surface area contributed by atoms with Crippen LogP contribution in [-0.2, 0) is 17.4 Å². The molecule has 2 atom stereocenters. The second kappa shape index (κ2) is 7.83. The lowest BCUT2D eigenvalue weighted by Crippen LogP contribution is -2.36. The van der Waals surface area contributed by atoms with Crippen molar-refractivity contribution in [2.75, 3.05) is 0 Å². The van der Waals surface area contributed by atoms with Gasteiger partial charge in [0, 0.05) is 10.5 Å². The highest BCUT2D eigenvalue weighted by atomic mass is 79.9. The summed E-state index contributed by atoms with van der Waals surface area (Å²) >= 11 is 4.92. The van der Waals surface area contributed by atoms with E-state index in [1.54, 1.807) is 0 Å². The summed E-state index contributed by atoms with van der Waals surface area (Å²) in [6.07, 6.45) is 1.55. The molecule has 0 aliphatic carbocycles. The zero-order valence-electron chi connectivity index (χ0n) is 13.3. The van der Waals surface area contributed by atoms with Crippen LogP contribution in [0, 0.1) is 0 Å². The van der Waals surface area contributed by atoms with Gasteiger partial charge >= 0.3 is 0 Å². The number of thiophene rings is 1. The average molecular weight is 414 g/mol. The molecule has 1 aromatic carbocycles. The predicted molar refractivity (Wildman–Crippen MR) is 101 cm³/mol. The molecule has 0 aliphatic heterocycles. The van der Waals surface area contributed by atoms with Gasteiger partial charge < -0.3 is 0 Å². The van der Waals surface area contributed by atoms with Gasteiger partial charge in [0.05, 0.1) is 20.6 Å². The van der Waals surface area contributed by atoms with Crippen LogP contribution in [0.15, 0.2) is 40.2 Å². The molecule has 6 heteroatoms. The molecule has 0 amide bonds. The molecule has 2 rings (SSSR count). The zero-order chi connectivity index (χ0) is 17.0. The van der Waals surface area contributed by atoms with Crippen LogP contribution in [0.1, 0.15) is 47.6 Å². The van der Waals surface area contributed by atoms with Crippen molar-refractivity contribution in [3.05, 3.63) is 56.2 Å². The fourth-order valence-corrected chi connectivity index (χ4v) is 4.03. The van der Waals surface area contributed by atoms with Crippen molar-refractivity contribution in [1.29, 1.82) is 0 Å². The highest BCUT2D eigenvalue weighted by Gasteiger charge is 2.24. The van der Waals surface area contributed by atoms with E-state index in [0.29, 0.717) is 11.3 Å². The zero-order valence-corrected chi connectivity index (χ0v) is 16.6. The van der Waals surface area contributed by atoms with Crippen molar-refractivity contribution >= 4 is 44.5 Å². The van der Waals surface area contributed by atoms with E-state index in [-0.39, 0.29) is 10.8 Å². The number of hydrogen-bond acceptors (Lipinski definition) is 3. The Hall–Kier alpha value is -0.820. The number of benzene rings is 1. The molecule has 124 valence electrons. The minimum absolute atomic E-state index is 0.0818. The highest BCUT2D eigenvalue weighted by molar-refractivity contribution is 9.10. The molecular formula is C17H20BrNO2S2. The fraction of sp³-hybridized carbons (Fsp3) is 0.353. The van der Waals surface area contributed by atoms with Gasteiger partial charge in [0.15, 0.2) is 6.29 Å². The lowest BCUT2D eigenvalue weighted by Gasteiger charge is -2.24. The Morgan fingerprint density at radius 1 is 1.35 bits per heavy atom. The molecular weight excluding hydrogens is 394 g/mol. The first-order valence-corrected chi connectivity index (χ1v) is 10.1. The largest absolute Gasteiger partial charge is 0.297 e. The van der Waals surface area contributed by atoms with Crippen molar-refractivity contribution in [1.82, 2.24) is 4.72 Å². The first kappa shape index (κ1) is 18.5. The molecule has 1 N–H and O–H groups in total. The lowest BCUT2D eigenvalue weighted by molar-refractivity contribution is 0.112. The number of rotatable bonds is 6. The molecule has 0 aliphatic rings. The fourth-order valence-electron chi connectivity index (χ4n) is 2.06. The van der Waals surface area contributed by atoms with Crippen molar-refractivity contribution in [3.8, 4) is 0 Å². The number of aldehydes is 1. The molecule has 0 spiro atoms. The van der Waals surface area contributed by atoms with Crippen molar-refractivity contribution in [2.45, 2.75) is 38.0 Å². The maximum atomic E-state index is 12.5. The molecule has 1 aromatic heterocycles. The van der Waals surface area contributed by atoms with Crippen LogP contribution < -0.4 is 4.72 Å². The maximum absolute atomic E-state index is 12.5.